The molecule has 118 valence electrons. The molecule has 3 rings (SSSR count). The Hall–Kier alpha value is -2.53. The smallest absolute Gasteiger partial charge is 0.279 e. The Morgan fingerprint density at radius 3 is 2.57 bits per heavy atom. The van der Waals surface area contributed by atoms with Gasteiger partial charge in [0.05, 0.1) is 6.42 Å². The highest BCUT2D eigenvalue weighted by molar-refractivity contribution is 6.30. The molecule has 1 aliphatic rings. The van der Waals surface area contributed by atoms with Crippen molar-refractivity contribution in [3.8, 4) is 5.75 Å². The van der Waals surface area contributed by atoms with Gasteiger partial charge in [-0.25, -0.2) is 0 Å². The van der Waals surface area contributed by atoms with Crippen LogP contribution >= 0.6 is 11.6 Å². The third-order valence-corrected chi connectivity index (χ3v) is 3.79. The largest absolute Gasteiger partial charge is 0.480 e. The summed E-state index contributed by atoms with van der Waals surface area (Å²) in [5, 5.41) is 0.611. The van der Waals surface area contributed by atoms with Crippen LogP contribution in [0.4, 0.5) is 0 Å². The number of carbonyl (C=O) groups excluding carboxylic acids is 2. The Bertz CT molecular complexity index is 706. The highest BCUT2D eigenvalue weighted by Gasteiger charge is 2.28. The summed E-state index contributed by atoms with van der Waals surface area (Å²) in [7, 11) is 0. The molecule has 1 heterocycles. The molecule has 0 bridgehead atoms. The highest BCUT2D eigenvalue weighted by atomic mass is 35.5. The van der Waals surface area contributed by atoms with Crippen LogP contribution < -0.4 is 15.6 Å². The van der Waals surface area contributed by atoms with E-state index >= 15 is 0 Å². The van der Waals surface area contributed by atoms with Crippen LogP contribution in [-0.4, -0.2) is 17.9 Å². The standard InChI is InChI=1S/C17H15ClN2O3/c18-13-7-5-11(6-8-13)9-16(21)19-20-17(22)15-10-12-3-1-2-4-14(12)23-15/h1-8,15H,9-10H2,(H,19,21)(H,20,22)/t15-/m1/s1. The van der Waals surface area contributed by atoms with Crippen molar-refractivity contribution in [1.82, 2.24) is 10.9 Å². The number of fused-ring (bicyclic) bond motifs is 1. The van der Waals surface area contributed by atoms with Crippen LogP contribution in [0.25, 0.3) is 0 Å². The number of rotatable bonds is 3. The normalized spacial score (nSPS) is 15.4. The number of benzene rings is 2. The first-order valence-corrected chi connectivity index (χ1v) is 7.57. The minimum atomic E-state index is -0.622. The fourth-order valence-corrected chi connectivity index (χ4v) is 2.50. The average Bonchev–Trinajstić information content (AvgIpc) is 2.99. The Labute approximate surface area is 138 Å². The minimum absolute atomic E-state index is 0.156. The van der Waals surface area contributed by atoms with Gasteiger partial charge in [-0.3, -0.25) is 20.4 Å². The fraction of sp³-hybridized carbons (Fsp3) is 0.176. The zero-order valence-corrected chi connectivity index (χ0v) is 13.0. The number of halogens is 1. The van der Waals surface area contributed by atoms with Crippen molar-refractivity contribution in [2.45, 2.75) is 18.9 Å². The van der Waals surface area contributed by atoms with Gasteiger partial charge in [0, 0.05) is 11.4 Å². The zero-order chi connectivity index (χ0) is 16.2. The van der Waals surface area contributed by atoms with Crippen LogP contribution in [0, 0.1) is 0 Å². The quantitative estimate of drug-likeness (QED) is 0.846. The van der Waals surface area contributed by atoms with Crippen LogP contribution in [0.1, 0.15) is 11.1 Å². The summed E-state index contributed by atoms with van der Waals surface area (Å²) < 4.78 is 5.55. The van der Waals surface area contributed by atoms with Gasteiger partial charge < -0.3 is 4.74 Å². The zero-order valence-electron chi connectivity index (χ0n) is 12.2. The third-order valence-electron chi connectivity index (χ3n) is 3.54. The lowest BCUT2D eigenvalue weighted by Crippen LogP contribution is -2.48. The Morgan fingerprint density at radius 2 is 1.83 bits per heavy atom. The summed E-state index contributed by atoms with van der Waals surface area (Å²) >= 11 is 5.79. The fourth-order valence-electron chi connectivity index (χ4n) is 2.37. The molecule has 1 aliphatic heterocycles. The Morgan fingerprint density at radius 1 is 1.09 bits per heavy atom. The second-order valence-corrected chi connectivity index (χ2v) is 5.70. The molecule has 0 aromatic heterocycles. The lowest BCUT2D eigenvalue weighted by molar-refractivity contribution is -0.132. The second kappa shape index (κ2) is 6.71. The van der Waals surface area contributed by atoms with Crippen molar-refractivity contribution in [3.63, 3.8) is 0 Å². The van der Waals surface area contributed by atoms with Gasteiger partial charge in [0.1, 0.15) is 5.75 Å². The van der Waals surface area contributed by atoms with Gasteiger partial charge in [0.15, 0.2) is 6.10 Å². The molecule has 2 aromatic carbocycles. The molecule has 2 amide bonds. The van der Waals surface area contributed by atoms with E-state index in [0.29, 0.717) is 17.2 Å². The van der Waals surface area contributed by atoms with Crippen molar-refractivity contribution < 1.29 is 14.3 Å². The molecule has 0 unspecified atom stereocenters. The topological polar surface area (TPSA) is 67.4 Å². The molecule has 1 atom stereocenters. The minimum Gasteiger partial charge on any atom is -0.480 e. The van der Waals surface area contributed by atoms with E-state index in [1.807, 2.05) is 24.3 Å². The van der Waals surface area contributed by atoms with Gasteiger partial charge in [-0.15, -0.1) is 0 Å². The molecule has 6 heteroatoms. The van der Waals surface area contributed by atoms with E-state index in [9.17, 15) is 9.59 Å². The first kappa shape index (κ1) is 15.4. The van der Waals surface area contributed by atoms with Crippen LogP contribution in [0.15, 0.2) is 48.5 Å². The van der Waals surface area contributed by atoms with E-state index in [4.69, 9.17) is 16.3 Å². The first-order valence-electron chi connectivity index (χ1n) is 7.19. The summed E-state index contributed by atoms with van der Waals surface area (Å²) in [6, 6.07) is 14.5. The van der Waals surface area contributed by atoms with Gasteiger partial charge in [0.25, 0.3) is 5.91 Å². The molecule has 0 saturated carbocycles. The van der Waals surface area contributed by atoms with Crippen LogP contribution in [0.5, 0.6) is 5.75 Å². The van der Waals surface area contributed by atoms with E-state index in [0.717, 1.165) is 11.1 Å². The number of amides is 2. The number of carbonyl (C=O) groups is 2. The summed E-state index contributed by atoms with van der Waals surface area (Å²) in [5.41, 5.74) is 6.60. The second-order valence-electron chi connectivity index (χ2n) is 5.26. The van der Waals surface area contributed by atoms with Gasteiger partial charge in [0.2, 0.25) is 5.91 Å². The highest BCUT2D eigenvalue weighted by Crippen LogP contribution is 2.27. The number of ether oxygens (including phenoxy) is 1. The van der Waals surface area contributed by atoms with Crippen molar-refractivity contribution in [1.29, 1.82) is 0 Å². The predicted molar refractivity (Wildman–Crippen MR) is 86.0 cm³/mol. The Balaban J connectivity index is 1.48. The van der Waals surface area contributed by atoms with Gasteiger partial charge >= 0.3 is 0 Å². The number of nitrogens with one attached hydrogen (secondary N) is 2. The van der Waals surface area contributed by atoms with Crippen LogP contribution in [0.2, 0.25) is 5.02 Å². The average molecular weight is 331 g/mol. The third kappa shape index (κ3) is 3.81. The Kier molecular flexibility index (Phi) is 4.48. The monoisotopic (exact) mass is 330 g/mol. The van der Waals surface area contributed by atoms with Crippen LogP contribution in [0.3, 0.4) is 0 Å². The summed E-state index contributed by atoms with van der Waals surface area (Å²) in [6.07, 6.45) is 0.0290. The molecular weight excluding hydrogens is 316 g/mol. The number of para-hydroxylation sites is 1. The molecule has 0 radical (unpaired) electrons. The van der Waals surface area contributed by atoms with E-state index in [1.54, 1.807) is 24.3 Å². The molecule has 0 spiro atoms. The molecular formula is C17H15ClN2O3. The van der Waals surface area contributed by atoms with Crippen molar-refractivity contribution in [2.24, 2.45) is 0 Å². The summed E-state index contributed by atoms with van der Waals surface area (Å²) in [6.45, 7) is 0. The number of hydrazine groups is 1. The summed E-state index contributed by atoms with van der Waals surface area (Å²) in [4.78, 5) is 23.9. The molecule has 2 N–H and O–H groups in total. The lowest BCUT2D eigenvalue weighted by atomic mass is 10.1. The van der Waals surface area contributed by atoms with Crippen LogP contribution in [-0.2, 0) is 22.4 Å². The van der Waals surface area contributed by atoms with Crippen molar-refractivity contribution in [2.75, 3.05) is 0 Å². The van der Waals surface area contributed by atoms with Gasteiger partial charge in [-0.2, -0.15) is 0 Å². The maximum atomic E-state index is 12.0. The molecule has 5 nitrogen and oxygen atoms in total. The summed E-state index contributed by atoms with van der Waals surface area (Å²) in [5.74, 6) is 0.0296. The van der Waals surface area contributed by atoms with Gasteiger partial charge in [-0.05, 0) is 29.3 Å². The van der Waals surface area contributed by atoms with Gasteiger partial charge in [-0.1, -0.05) is 41.9 Å². The van der Waals surface area contributed by atoms with E-state index in [-0.39, 0.29) is 18.2 Å². The predicted octanol–water partition coefficient (Wildman–Crippen LogP) is 2.03. The first-order chi connectivity index (χ1) is 11.1. The maximum absolute atomic E-state index is 12.0. The maximum Gasteiger partial charge on any atom is 0.279 e. The van der Waals surface area contributed by atoms with E-state index < -0.39 is 6.10 Å². The number of hydrogen-bond acceptors (Lipinski definition) is 3. The number of hydrogen-bond donors (Lipinski definition) is 2. The molecule has 2 aromatic rings. The molecule has 0 aliphatic carbocycles. The van der Waals surface area contributed by atoms with E-state index in [2.05, 4.69) is 10.9 Å². The van der Waals surface area contributed by atoms with Crippen molar-refractivity contribution in [3.05, 3.63) is 64.7 Å². The lowest BCUT2D eigenvalue weighted by Gasteiger charge is -2.12. The van der Waals surface area contributed by atoms with E-state index in [1.165, 1.54) is 0 Å². The molecule has 23 heavy (non-hydrogen) atoms. The SMILES string of the molecule is O=C(Cc1ccc(Cl)cc1)NNC(=O)[C@H]1Cc2ccccc2O1. The molecule has 0 fully saturated rings. The molecule has 0 saturated heterocycles. The van der Waals surface area contributed by atoms with Crippen molar-refractivity contribution >= 4 is 23.4 Å².